The summed E-state index contributed by atoms with van der Waals surface area (Å²) in [5.74, 6) is 0.872. The largest absolute Gasteiger partial charge is 0.497 e. The van der Waals surface area contributed by atoms with Gasteiger partial charge in [0.2, 0.25) is 0 Å². The van der Waals surface area contributed by atoms with Gasteiger partial charge >= 0.3 is 0 Å². The summed E-state index contributed by atoms with van der Waals surface area (Å²) < 4.78 is 5.14. The number of rotatable bonds is 3. The van der Waals surface area contributed by atoms with Crippen molar-refractivity contribution in [1.82, 2.24) is 0 Å². The fourth-order valence-corrected chi connectivity index (χ4v) is 1.65. The van der Waals surface area contributed by atoms with E-state index in [1.54, 1.807) is 7.11 Å². The average Bonchev–Trinajstić information content (AvgIpc) is 2.99. The van der Waals surface area contributed by atoms with E-state index >= 15 is 0 Å². The van der Waals surface area contributed by atoms with E-state index in [2.05, 4.69) is 12.1 Å². The van der Waals surface area contributed by atoms with Crippen molar-refractivity contribution in [2.24, 2.45) is 5.41 Å². The van der Waals surface area contributed by atoms with E-state index in [4.69, 9.17) is 10.00 Å². The number of hydrogen-bond donors (Lipinski definition) is 0. The Labute approximate surface area is 84.1 Å². The van der Waals surface area contributed by atoms with Crippen LogP contribution in [-0.2, 0) is 6.42 Å². The molecule has 2 rings (SSSR count). The Hall–Kier alpha value is -1.49. The fraction of sp³-hybridized carbons (Fsp3) is 0.417. The van der Waals surface area contributed by atoms with Gasteiger partial charge in [-0.25, -0.2) is 0 Å². The molecule has 0 aromatic heterocycles. The molecule has 1 saturated carbocycles. The second-order valence-corrected chi connectivity index (χ2v) is 3.92. The standard InChI is InChI=1S/C12H13NO/c1-14-11-4-2-3-10(7-11)8-12(9-13)5-6-12/h2-4,7H,5-6,8H2,1H3. The van der Waals surface area contributed by atoms with Crippen LogP contribution in [0.2, 0.25) is 0 Å². The maximum absolute atomic E-state index is 8.96. The molecular weight excluding hydrogens is 174 g/mol. The quantitative estimate of drug-likeness (QED) is 0.728. The van der Waals surface area contributed by atoms with Crippen LogP contribution in [0.5, 0.6) is 5.75 Å². The molecule has 0 spiro atoms. The lowest BCUT2D eigenvalue weighted by Crippen LogP contribution is -2.01. The van der Waals surface area contributed by atoms with Crippen LogP contribution in [0.25, 0.3) is 0 Å². The maximum Gasteiger partial charge on any atom is 0.119 e. The first kappa shape index (κ1) is 9.08. The molecule has 0 bridgehead atoms. The molecule has 1 aromatic carbocycles. The van der Waals surface area contributed by atoms with E-state index in [-0.39, 0.29) is 5.41 Å². The van der Waals surface area contributed by atoms with Crippen molar-refractivity contribution in [3.63, 3.8) is 0 Å². The molecule has 72 valence electrons. The molecule has 0 heterocycles. The monoisotopic (exact) mass is 187 g/mol. The summed E-state index contributed by atoms with van der Waals surface area (Å²) in [7, 11) is 1.66. The zero-order valence-electron chi connectivity index (χ0n) is 8.29. The minimum absolute atomic E-state index is 0.0631. The van der Waals surface area contributed by atoms with Gasteiger partial charge in [0, 0.05) is 0 Å². The number of benzene rings is 1. The van der Waals surface area contributed by atoms with Crippen LogP contribution in [-0.4, -0.2) is 7.11 Å². The van der Waals surface area contributed by atoms with Gasteiger partial charge in [-0.3, -0.25) is 0 Å². The molecule has 1 aliphatic carbocycles. The first-order chi connectivity index (χ1) is 6.78. The van der Waals surface area contributed by atoms with Crippen molar-refractivity contribution < 1.29 is 4.74 Å². The molecule has 0 saturated heterocycles. The van der Waals surface area contributed by atoms with Crippen LogP contribution < -0.4 is 4.74 Å². The van der Waals surface area contributed by atoms with Crippen LogP contribution in [0, 0.1) is 16.7 Å². The summed E-state index contributed by atoms with van der Waals surface area (Å²) in [5.41, 5.74) is 1.13. The van der Waals surface area contributed by atoms with E-state index in [0.29, 0.717) is 0 Å². The first-order valence-corrected chi connectivity index (χ1v) is 4.82. The highest BCUT2D eigenvalue weighted by Crippen LogP contribution is 2.47. The third-order valence-corrected chi connectivity index (χ3v) is 2.77. The highest BCUT2D eigenvalue weighted by Gasteiger charge is 2.42. The topological polar surface area (TPSA) is 33.0 Å². The van der Waals surface area contributed by atoms with Gasteiger partial charge in [0.05, 0.1) is 18.6 Å². The Bertz CT molecular complexity index is 374. The second-order valence-electron chi connectivity index (χ2n) is 3.92. The van der Waals surface area contributed by atoms with Crippen LogP contribution in [0.1, 0.15) is 18.4 Å². The molecule has 1 aliphatic rings. The summed E-state index contributed by atoms with van der Waals surface area (Å²) >= 11 is 0. The Morgan fingerprint density at radius 2 is 2.29 bits per heavy atom. The molecule has 0 unspecified atom stereocenters. The third-order valence-electron chi connectivity index (χ3n) is 2.77. The maximum atomic E-state index is 8.96. The van der Waals surface area contributed by atoms with E-state index < -0.39 is 0 Å². The lowest BCUT2D eigenvalue weighted by Gasteiger charge is -2.07. The van der Waals surface area contributed by atoms with E-state index in [9.17, 15) is 0 Å². The van der Waals surface area contributed by atoms with E-state index in [1.807, 2.05) is 18.2 Å². The van der Waals surface area contributed by atoms with Crippen LogP contribution in [0.4, 0.5) is 0 Å². The number of ether oxygens (including phenoxy) is 1. The summed E-state index contributed by atoms with van der Waals surface area (Å²) in [6.45, 7) is 0. The molecule has 2 nitrogen and oxygen atoms in total. The van der Waals surface area contributed by atoms with Gasteiger partial charge in [-0.05, 0) is 37.0 Å². The smallest absolute Gasteiger partial charge is 0.119 e. The summed E-state index contributed by atoms with van der Waals surface area (Å²) in [6.07, 6.45) is 2.95. The van der Waals surface area contributed by atoms with Gasteiger partial charge < -0.3 is 4.74 Å². The number of nitrogens with zero attached hydrogens (tertiary/aromatic N) is 1. The van der Waals surface area contributed by atoms with Crippen molar-refractivity contribution in [3.05, 3.63) is 29.8 Å². The van der Waals surface area contributed by atoms with Crippen LogP contribution in [0.15, 0.2) is 24.3 Å². The normalized spacial score (nSPS) is 17.1. The molecule has 0 radical (unpaired) electrons. The predicted octanol–water partition coefficient (Wildman–Crippen LogP) is 2.54. The zero-order chi connectivity index (χ0) is 10.0. The van der Waals surface area contributed by atoms with Gasteiger partial charge in [-0.15, -0.1) is 0 Å². The second kappa shape index (κ2) is 3.34. The molecule has 0 aliphatic heterocycles. The van der Waals surface area contributed by atoms with Crippen molar-refractivity contribution in [2.75, 3.05) is 7.11 Å². The summed E-state index contributed by atoms with van der Waals surface area (Å²) in [4.78, 5) is 0. The summed E-state index contributed by atoms with van der Waals surface area (Å²) in [5, 5.41) is 8.96. The number of hydrogen-bond acceptors (Lipinski definition) is 2. The Morgan fingerprint density at radius 3 is 2.86 bits per heavy atom. The Morgan fingerprint density at radius 1 is 1.50 bits per heavy atom. The SMILES string of the molecule is COc1cccc(CC2(C#N)CC2)c1. The van der Waals surface area contributed by atoms with E-state index in [1.165, 1.54) is 5.56 Å². The van der Waals surface area contributed by atoms with Gasteiger partial charge in [0.15, 0.2) is 0 Å². The van der Waals surface area contributed by atoms with Gasteiger partial charge in [-0.1, -0.05) is 12.1 Å². The molecule has 2 heteroatoms. The van der Waals surface area contributed by atoms with Crippen LogP contribution in [0.3, 0.4) is 0 Å². The molecule has 14 heavy (non-hydrogen) atoms. The van der Waals surface area contributed by atoms with Crippen molar-refractivity contribution in [3.8, 4) is 11.8 Å². The highest BCUT2D eigenvalue weighted by molar-refractivity contribution is 5.31. The van der Waals surface area contributed by atoms with E-state index in [0.717, 1.165) is 25.0 Å². The van der Waals surface area contributed by atoms with Gasteiger partial charge in [0.1, 0.15) is 5.75 Å². The summed E-state index contributed by atoms with van der Waals surface area (Å²) in [6, 6.07) is 10.4. The minimum atomic E-state index is -0.0631. The third kappa shape index (κ3) is 1.72. The average molecular weight is 187 g/mol. The minimum Gasteiger partial charge on any atom is -0.497 e. The van der Waals surface area contributed by atoms with Crippen LogP contribution >= 0.6 is 0 Å². The lowest BCUT2D eigenvalue weighted by molar-refractivity contribution is 0.414. The van der Waals surface area contributed by atoms with Crippen molar-refractivity contribution in [1.29, 1.82) is 5.26 Å². The molecule has 1 aromatic rings. The molecular formula is C12H13NO. The van der Waals surface area contributed by atoms with Gasteiger partial charge in [-0.2, -0.15) is 5.26 Å². The number of methoxy groups -OCH3 is 1. The molecule has 0 N–H and O–H groups in total. The Balaban J connectivity index is 2.14. The molecule has 0 atom stereocenters. The highest BCUT2D eigenvalue weighted by atomic mass is 16.5. The Kier molecular flexibility index (Phi) is 2.17. The first-order valence-electron chi connectivity index (χ1n) is 4.82. The fourth-order valence-electron chi connectivity index (χ4n) is 1.65. The molecule has 1 fully saturated rings. The predicted molar refractivity (Wildman–Crippen MR) is 54.0 cm³/mol. The van der Waals surface area contributed by atoms with Crippen molar-refractivity contribution in [2.45, 2.75) is 19.3 Å². The zero-order valence-corrected chi connectivity index (χ0v) is 8.29. The molecule has 0 amide bonds. The van der Waals surface area contributed by atoms with Crippen molar-refractivity contribution >= 4 is 0 Å². The van der Waals surface area contributed by atoms with Gasteiger partial charge in [0.25, 0.3) is 0 Å². The lowest BCUT2D eigenvalue weighted by atomic mass is 9.98. The number of nitriles is 1.